The molecule has 0 aliphatic heterocycles. The summed E-state index contributed by atoms with van der Waals surface area (Å²) in [5.74, 6) is 1.21. The van der Waals surface area contributed by atoms with Crippen LogP contribution in [0.3, 0.4) is 0 Å². The quantitative estimate of drug-likeness (QED) is 0.779. The van der Waals surface area contributed by atoms with Crippen molar-refractivity contribution in [3.63, 3.8) is 0 Å². The van der Waals surface area contributed by atoms with Crippen LogP contribution < -0.4 is 0 Å². The third-order valence-electron chi connectivity index (χ3n) is 2.70. The zero-order chi connectivity index (χ0) is 11.6. The molecule has 0 spiro atoms. The van der Waals surface area contributed by atoms with Crippen LogP contribution in [0.15, 0.2) is 18.7 Å². The molecule has 0 saturated carbocycles. The molecule has 0 amide bonds. The average Bonchev–Trinajstić information content (AvgIpc) is 2.16. The Hall–Kier alpha value is -1.24. The lowest BCUT2D eigenvalue weighted by Crippen LogP contribution is -2.01. The Bertz CT molecular complexity index is 362. The molecule has 1 N–H and O–H groups in total. The maximum Gasteiger partial charge on any atom is 0.123 e. The van der Waals surface area contributed by atoms with E-state index >= 15 is 0 Å². The molecule has 1 rings (SSSR count). The summed E-state index contributed by atoms with van der Waals surface area (Å²) in [6, 6.07) is 3.78. The molecule has 0 bridgehead atoms. The van der Waals surface area contributed by atoms with Crippen LogP contribution in [0.4, 0.5) is 0 Å². The highest BCUT2D eigenvalue weighted by Crippen LogP contribution is 2.34. The summed E-state index contributed by atoms with van der Waals surface area (Å²) < 4.78 is 0. The summed E-state index contributed by atoms with van der Waals surface area (Å²) in [6.07, 6.45) is 1.75. The molecule has 1 nitrogen and oxygen atoms in total. The van der Waals surface area contributed by atoms with Gasteiger partial charge in [0.25, 0.3) is 0 Å². The lowest BCUT2D eigenvalue weighted by Gasteiger charge is -2.19. The van der Waals surface area contributed by atoms with Crippen LogP contribution in [-0.2, 0) is 0 Å². The molecule has 15 heavy (non-hydrogen) atoms. The SMILES string of the molecule is C=Cc1c(O)ccc(C(C)C)c1C(C)C. The van der Waals surface area contributed by atoms with Gasteiger partial charge < -0.3 is 5.11 Å². The van der Waals surface area contributed by atoms with Gasteiger partial charge in [0.05, 0.1) is 0 Å². The van der Waals surface area contributed by atoms with E-state index in [0.717, 1.165) is 5.56 Å². The van der Waals surface area contributed by atoms with E-state index in [-0.39, 0.29) is 0 Å². The maximum absolute atomic E-state index is 9.78. The number of benzene rings is 1. The van der Waals surface area contributed by atoms with Crippen LogP contribution >= 0.6 is 0 Å². The van der Waals surface area contributed by atoms with Crippen molar-refractivity contribution in [2.45, 2.75) is 39.5 Å². The number of phenols is 1. The van der Waals surface area contributed by atoms with E-state index in [1.54, 1.807) is 12.1 Å². The normalized spacial score (nSPS) is 11.1. The molecule has 82 valence electrons. The maximum atomic E-state index is 9.78. The molecule has 0 fully saturated rings. The van der Waals surface area contributed by atoms with Gasteiger partial charge in [0, 0.05) is 5.56 Å². The van der Waals surface area contributed by atoms with Crippen LogP contribution in [0, 0.1) is 0 Å². The summed E-state index contributed by atoms with van der Waals surface area (Å²) in [5, 5.41) is 9.78. The first kappa shape index (κ1) is 11.8. The smallest absolute Gasteiger partial charge is 0.123 e. The Morgan fingerprint density at radius 1 is 1.13 bits per heavy atom. The standard InChI is InChI=1S/C14H20O/c1-6-11-13(15)8-7-12(9(2)3)14(11)10(4)5/h6-10,15H,1H2,2-5H3. The first-order valence-corrected chi connectivity index (χ1v) is 5.47. The fourth-order valence-corrected chi connectivity index (χ4v) is 2.00. The van der Waals surface area contributed by atoms with Gasteiger partial charge in [-0.3, -0.25) is 0 Å². The highest BCUT2D eigenvalue weighted by Gasteiger charge is 2.15. The minimum absolute atomic E-state index is 0.332. The van der Waals surface area contributed by atoms with Crippen LogP contribution in [0.1, 0.15) is 56.2 Å². The molecule has 1 heteroatoms. The van der Waals surface area contributed by atoms with E-state index in [1.165, 1.54) is 11.1 Å². The summed E-state index contributed by atoms with van der Waals surface area (Å²) in [6.45, 7) is 12.4. The number of hydrogen-bond donors (Lipinski definition) is 1. The summed E-state index contributed by atoms with van der Waals surface area (Å²) in [5.41, 5.74) is 3.41. The van der Waals surface area contributed by atoms with E-state index in [1.807, 2.05) is 6.07 Å². The van der Waals surface area contributed by atoms with Crippen molar-refractivity contribution < 1.29 is 5.11 Å². The van der Waals surface area contributed by atoms with E-state index in [9.17, 15) is 5.11 Å². The van der Waals surface area contributed by atoms with Crippen molar-refractivity contribution in [1.29, 1.82) is 0 Å². The van der Waals surface area contributed by atoms with E-state index in [0.29, 0.717) is 17.6 Å². The molecular formula is C14H20O. The monoisotopic (exact) mass is 204 g/mol. The van der Waals surface area contributed by atoms with Crippen molar-refractivity contribution in [1.82, 2.24) is 0 Å². The summed E-state index contributed by atoms with van der Waals surface area (Å²) in [4.78, 5) is 0. The second-order valence-electron chi connectivity index (χ2n) is 4.51. The average molecular weight is 204 g/mol. The van der Waals surface area contributed by atoms with Crippen molar-refractivity contribution in [3.8, 4) is 5.75 Å². The minimum atomic E-state index is 0.332. The highest BCUT2D eigenvalue weighted by atomic mass is 16.3. The van der Waals surface area contributed by atoms with Crippen LogP contribution in [0.25, 0.3) is 6.08 Å². The van der Waals surface area contributed by atoms with E-state index in [2.05, 4.69) is 34.3 Å². The lowest BCUT2D eigenvalue weighted by atomic mass is 9.86. The summed E-state index contributed by atoms with van der Waals surface area (Å²) >= 11 is 0. The third-order valence-corrected chi connectivity index (χ3v) is 2.70. The molecule has 0 saturated heterocycles. The fraction of sp³-hybridized carbons (Fsp3) is 0.429. The molecular weight excluding hydrogens is 184 g/mol. The van der Waals surface area contributed by atoms with E-state index in [4.69, 9.17) is 0 Å². The first-order valence-electron chi connectivity index (χ1n) is 5.47. The van der Waals surface area contributed by atoms with Gasteiger partial charge in [0.15, 0.2) is 0 Å². The molecule has 1 aromatic carbocycles. The van der Waals surface area contributed by atoms with Crippen LogP contribution in [0.2, 0.25) is 0 Å². The second-order valence-corrected chi connectivity index (χ2v) is 4.51. The highest BCUT2D eigenvalue weighted by molar-refractivity contribution is 5.62. The molecule has 0 unspecified atom stereocenters. The van der Waals surface area contributed by atoms with Crippen molar-refractivity contribution in [2.75, 3.05) is 0 Å². The summed E-state index contributed by atoms with van der Waals surface area (Å²) in [7, 11) is 0. The number of hydrogen-bond acceptors (Lipinski definition) is 1. The molecule has 0 heterocycles. The molecule has 0 aliphatic carbocycles. The zero-order valence-electron chi connectivity index (χ0n) is 10.0. The van der Waals surface area contributed by atoms with Crippen LogP contribution in [-0.4, -0.2) is 5.11 Å². The molecule has 1 aromatic rings. The Morgan fingerprint density at radius 2 is 1.73 bits per heavy atom. The van der Waals surface area contributed by atoms with Gasteiger partial charge in [-0.2, -0.15) is 0 Å². The lowest BCUT2D eigenvalue weighted by molar-refractivity contribution is 0.472. The van der Waals surface area contributed by atoms with Gasteiger partial charge in [-0.15, -0.1) is 0 Å². The Labute approximate surface area is 92.5 Å². The molecule has 0 aromatic heterocycles. The Kier molecular flexibility index (Phi) is 3.57. The predicted octanol–water partition coefficient (Wildman–Crippen LogP) is 4.28. The van der Waals surface area contributed by atoms with Gasteiger partial charge in [0.1, 0.15) is 5.75 Å². The second kappa shape index (κ2) is 4.52. The van der Waals surface area contributed by atoms with Gasteiger partial charge >= 0.3 is 0 Å². The fourth-order valence-electron chi connectivity index (χ4n) is 2.00. The Balaban J connectivity index is 3.49. The Morgan fingerprint density at radius 3 is 2.13 bits per heavy atom. The zero-order valence-corrected chi connectivity index (χ0v) is 10.0. The topological polar surface area (TPSA) is 20.2 Å². The van der Waals surface area contributed by atoms with Gasteiger partial charge in [-0.1, -0.05) is 46.4 Å². The molecule has 0 aliphatic rings. The van der Waals surface area contributed by atoms with Gasteiger partial charge in [-0.25, -0.2) is 0 Å². The number of aromatic hydroxyl groups is 1. The number of rotatable bonds is 3. The van der Waals surface area contributed by atoms with Crippen LogP contribution in [0.5, 0.6) is 5.75 Å². The van der Waals surface area contributed by atoms with Crippen molar-refractivity contribution in [3.05, 3.63) is 35.4 Å². The van der Waals surface area contributed by atoms with Crippen molar-refractivity contribution in [2.24, 2.45) is 0 Å². The predicted molar refractivity (Wildman–Crippen MR) is 66.4 cm³/mol. The van der Waals surface area contributed by atoms with Gasteiger partial charge in [0.2, 0.25) is 0 Å². The largest absolute Gasteiger partial charge is 0.507 e. The number of phenolic OH excluding ortho intramolecular Hbond substituents is 1. The van der Waals surface area contributed by atoms with Gasteiger partial charge in [-0.05, 0) is 29.0 Å². The van der Waals surface area contributed by atoms with Crippen molar-refractivity contribution >= 4 is 6.08 Å². The molecule has 0 atom stereocenters. The minimum Gasteiger partial charge on any atom is -0.507 e. The van der Waals surface area contributed by atoms with E-state index < -0.39 is 0 Å². The molecule has 0 radical (unpaired) electrons. The third kappa shape index (κ3) is 2.23. The first-order chi connectivity index (χ1) is 6.99.